The molecule has 1 rings (SSSR count). The summed E-state index contributed by atoms with van der Waals surface area (Å²) in [6, 6.07) is 0. The second-order valence-electron chi connectivity index (χ2n) is 4.42. The molecule has 0 bridgehead atoms. The summed E-state index contributed by atoms with van der Waals surface area (Å²) in [5, 5.41) is -0.970. The number of unbranched alkanes of at least 4 members (excludes halogenated alkanes) is 2. The van der Waals surface area contributed by atoms with Crippen LogP contribution in [0, 0.1) is 0 Å². The lowest BCUT2D eigenvalue weighted by Crippen LogP contribution is -2.13. The predicted molar refractivity (Wildman–Crippen MR) is 77.3 cm³/mol. The monoisotopic (exact) mass is 345 g/mol. The predicted octanol–water partition coefficient (Wildman–Crippen LogP) is 3.86. The maximum atomic E-state index is 11.3. The number of nitrogens with one attached hydrogen (secondary N) is 1. The molecule has 1 heterocycles. The number of imidazole rings is 1. The average Bonchev–Trinajstić information content (AvgIpc) is 2.79. The number of halogens is 4. The zero-order valence-electron chi connectivity index (χ0n) is 12.0. The second kappa shape index (κ2) is 8.94. The smallest absolute Gasteiger partial charge is 0.418 e. The highest BCUT2D eigenvalue weighted by Crippen LogP contribution is 2.25. The summed E-state index contributed by atoms with van der Waals surface area (Å²) >= 11 is 0. The molecule has 0 aliphatic heterocycles. The van der Waals surface area contributed by atoms with Gasteiger partial charge >= 0.3 is 7.25 Å². The lowest BCUT2D eigenvalue weighted by molar-refractivity contribution is 0.368. The topological polar surface area (TPSA) is 83.1 Å². The number of H-pyrrole nitrogens is 1. The minimum absolute atomic E-state index is 0.276. The summed E-state index contributed by atoms with van der Waals surface area (Å²) in [4.78, 5) is 6.79. The Bertz CT molecular complexity index is 554. The van der Waals surface area contributed by atoms with Gasteiger partial charge in [0, 0.05) is 0 Å². The molecule has 0 aliphatic rings. The highest BCUT2D eigenvalue weighted by molar-refractivity contribution is 7.86. The summed E-state index contributed by atoms with van der Waals surface area (Å²) in [6.07, 6.45) is 6.08. The lowest BCUT2D eigenvalue weighted by Gasteiger charge is -2.10. The molecule has 1 aromatic rings. The molecule has 1 atom stereocenters. The van der Waals surface area contributed by atoms with Crippen molar-refractivity contribution in [2.45, 2.75) is 37.9 Å². The van der Waals surface area contributed by atoms with Crippen LogP contribution in [-0.2, 0) is 10.1 Å². The van der Waals surface area contributed by atoms with Crippen molar-refractivity contribution in [2.24, 2.45) is 0 Å². The Kier molecular flexibility index (Phi) is 8.39. The number of hydrogen-bond acceptors (Lipinski definition) is 3. The van der Waals surface area contributed by atoms with Gasteiger partial charge in [-0.1, -0.05) is 32.8 Å². The Labute approximate surface area is 126 Å². The first-order valence-corrected chi connectivity index (χ1v) is 8.00. The third kappa shape index (κ3) is 9.56. The standard InChI is InChI=1S/C11H18N2O3S.BF4/c1-3-5-6-7-10(17(14,15)16)11-12-8-9(4-2)13-11;2-1(3,4)5/h4,8,10H,2-3,5-7H2,1H3,(H,12,13)(H,14,15,16);/q;-1. The Hall–Kier alpha value is -1.36. The van der Waals surface area contributed by atoms with Crippen molar-refractivity contribution in [1.82, 2.24) is 9.97 Å². The minimum Gasteiger partial charge on any atom is -0.418 e. The molecule has 0 aromatic carbocycles. The van der Waals surface area contributed by atoms with E-state index in [0.29, 0.717) is 12.1 Å². The Morgan fingerprint density at radius 1 is 1.41 bits per heavy atom. The number of hydrogen-bond donors (Lipinski definition) is 2. The highest BCUT2D eigenvalue weighted by Gasteiger charge is 2.27. The van der Waals surface area contributed by atoms with Crippen LogP contribution in [0.5, 0.6) is 0 Å². The van der Waals surface area contributed by atoms with Crippen LogP contribution in [0.4, 0.5) is 17.3 Å². The maximum Gasteiger partial charge on any atom is 0.673 e. The molecule has 0 radical (unpaired) electrons. The van der Waals surface area contributed by atoms with E-state index in [4.69, 9.17) is 0 Å². The number of rotatable bonds is 7. The third-order valence-corrected chi connectivity index (χ3v) is 3.75. The van der Waals surface area contributed by atoms with E-state index in [0.717, 1.165) is 19.3 Å². The maximum absolute atomic E-state index is 11.3. The molecular formula is C11H18BF4N2O3S-. The van der Waals surface area contributed by atoms with E-state index in [-0.39, 0.29) is 5.82 Å². The normalized spacial score (nSPS) is 13.2. The van der Waals surface area contributed by atoms with Gasteiger partial charge in [-0.05, 0) is 12.5 Å². The Morgan fingerprint density at radius 2 is 1.95 bits per heavy atom. The lowest BCUT2D eigenvalue weighted by atomic mass is 10.1. The molecule has 22 heavy (non-hydrogen) atoms. The van der Waals surface area contributed by atoms with Crippen molar-refractivity contribution >= 4 is 23.4 Å². The SMILES string of the molecule is C=Cc1cnc(C(CCCCC)S(=O)(=O)O)[nH]1.F[B-](F)(F)F. The molecular weight excluding hydrogens is 327 g/mol. The van der Waals surface area contributed by atoms with Crippen LogP contribution in [0.25, 0.3) is 6.08 Å². The molecule has 0 saturated carbocycles. The first kappa shape index (κ1) is 20.6. The van der Waals surface area contributed by atoms with Crippen LogP contribution in [-0.4, -0.2) is 30.2 Å². The summed E-state index contributed by atoms with van der Waals surface area (Å²) in [6.45, 7) is 5.59. The Morgan fingerprint density at radius 3 is 2.32 bits per heavy atom. The van der Waals surface area contributed by atoms with Crippen LogP contribution in [0.2, 0.25) is 0 Å². The second-order valence-corrected chi connectivity index (χ2v) is 6.02. The van der Waals surface area contributed by atoms with Crippen molar-refractivity contribution in [2.75, 3.05) is 0 Å². The van der Waals surface area contributed by atoms with Gasteiger partial charge in [0.25, 0.3) is 10.1 Å². The van der Waals surface area contributed by atoms with E-state index in [9.17, 15) is 30.2 Å². The van der Waals surface area contributed by atoms with E-state index >= 15 is 0 Å². The molecule has 128 valence electrons. The minimum atomic E-state index is -6.00. The van der Waals surface area contributed by atoms with Crippen LogP contribution in [0.1, 0.15) is 49.4 Å². The first-order valence-electron chi connectivity index (χ1n) is 6.50. The van der Waals surface area contributed by atoms with Gasteiger partial charge in [0.1, 0.15) is 11.1 Å². The molecule has 0 saturated heterocycles. The number of nitrogens with zero attached hydrogens (tertiary/aromatic N) is 1. The van der Waals surface area contributed by atoms with Gasteiger partial charge < -0.3 is 22.2 Å². The fraction of sp³-hybridized carbons (Fsp3) is 0.545. The molecule has 11 heteroatoms. The fourth-order valence-corrected chi connectivity index (χ4v) is 2.49. The molecule has 0 spiro atoms. The van der Waals surface area contributed by atoms with Crippen molar-refractivity contribution in [3.05, 3.63) is 24.3 Å². The van der Waals surface area contributed by atoms with Crippen LogP contribution >= 0.6 is 0 Å². The van der Waals surface area contributed by atoms with Crippen molar-refractivity contribution < 1.29 is 30.2 Å². The summed E-state index contributed by atoms with van der Waals surface area (Å²) in [7, 11) is -10.1. The zero-order valence-corrected chi connectivity index (χ0v) is 12.8. The Balaban J connectivity index is 0.000000763. The van der Waals surface area contributed by atoms with E-state index < -0.39 is 22.6 Å². The average molecular weight is 345 g/mol. The third-order valence-electron chi connectivity index (χ3n) is 2.57. The van der Waals surface area contributed by atoms with Gasteiger partial charge in [0.05, 0.1) is 11.9 Å². The van der Waals surface area contributed by atoms with E-state index in [1.165, 1.54) is 6.20 Å². The molecule has 2 N–H and O–H groups in total. The van der Waals surface area contributed by atoms with Crippen molar-refractivity contribution in [3.8, 4) is 0 Å². The largest absolute Gasteiger partial charge is 0.673 e. The number of aromatic amines is 1. The van der Waals surface area contributed by atoms with Gasteiger partial charge in [-0.3, -0.25) is 4.55 Å². The molecule has 0 fully saturated rings. The van der Waals surface area contributed by atoms with Crippen LogP contribution < -0.4 is 0 Å². The van der Waals surface area contributed by atoms with E-state index in [1.807, 2.05) is 6.92 Å². The highest BCUT2D eigenvalue weighted by atomic mass is 32.2. The van der Waals surface area contributed by atoms with Crippen LogP contribution in [0.3, 0.4) is 0 Å². The van der Waals surface area contributed by atoms with Crippen molar-refractivity contribution in [3.63, 3.8) is 0 Å². The van der Waals surface area contributed by atoms with Crippen LogP contribution in [0.15, 0.2) is 12.8 Å². The summed E-state index contributed by atoms with van der Waals surface area (Å²) in [5.41, 5.74) is 0.643. The molecule has 1 aromatic heterocycles. The van der Waals surface area contributed by atoms with Gasteiger partial charge in [0.2, 0.25) is 0 Å². The van der Waals surface area contributed by atoms with Gasteiger partial charge in [0.15, 0.2) is 0 Å². The molecule has 5 nitrogen and oxygen atoms in total. The van der Waals surface area contributed by atoms with E-state index in [1.54, 1.807) is 6.08 Å². The quantitative estimate of drug-likeness (QED) is 0.340. The van der Waals surface area contributed by atoms with Gasteiger partial charge in [-0.15, -0.1) is 0 Å². The summed E-state index contributed by atoms with van der Waals surface area (Å²) in [5.74, 6) is 0.276. The summed E-state index contributed by atoms with van der Waals surface area (Å²) < 4.78 is 70.8. The zero-order chi connectivity index (χ0) is 17.4. The van der Waals surface area contributed by atoms with E-state index in [2.05, 4.69) is 16.5 Å². The van der Waals surface area contributed by atoms with Crippen molar-refractivity contribution in [1.29, 1.82) is 0 Å². The number of aromatic nitrogens is 2. The fourth-order valence-electron chi connectivity index (χ4n) is 1.63. The molecule has 1 unspecified atom stereocenters. The molecule has 0 aliphatic carbocycles. The van der Waals surface area contributed by atoms with Gasteiger partial charge in [-0.2, -0.15) is 8.42 Å². The first-order chi connectivity index (χ1) is 9.99. The van der Waals surface area contributed by atoms with Gasteiger partial charge in [-0.25, -0.2) is 4.98 Å². The molecule has 0 amide bonds.